The van der Waals surface area contributed by atoms with Gasteiger partial charge in [0.2, 0.25) is 0 Å². The van der Waals surface area contributed by atoms with E-state index in [-0.39, 0.29) is 0 Å². The Morgan fingerprint density at radius 1 is 0.208 bits per heavy atom. The lowest BCUT2D eigenvalue weighted by Gasteiger charge is -2.20. The molecule has 10 aromatic rings. The number of hydrogen-bond donors (Lipinski definition) is 0. The maximum atomic E-state index is 2.36. The molecule has 0 amide bonds. The topological polar surface area (TPSA) is 0 Å². The van der Waals surface area contributed by atoms with E-state index in [9.17, 15) is 0 Å². The molecule has 0 aliphatic carbocycles. The van der Waals surface area contributed by atoms with Crippen LogP contribution in [0.2, 0.25) is 0 Å². The van der Waals surface area contributed by atoms with Gasteiger partial charge >= 0.3 is 0 Å². The molecule has 0 spiro atoms. The van der Waals surface area contributed by atoms with Crippen molar-refractivity contribution in [1.29, 1.82) is 0 Å². The maximum Gasteiger partial charge on any atom is -0.00201 e. The minimum Gasteiger partial charge on any atom is -0.0622 e. The third-order valence-electron chi connectivity index (χ3n) is 10.2. The zero-order valence-electron chi connectivity index (χ0n) is 26.3. The maximum absolute atomic E-state index is 2.36. The van der Waals surface area contributed by atoms with E-state index in [4.69, 9.17) is 0 Å². The zero-order chi connectivity index (χ0) is 31.6. The van der Waals surface area contributed by atoms with Crippen LogP contribution in [-0.4, -0.2) is 0 Å². The molecule has 0 heteroatoms. The summed E-state index contributed by atoms with van der Waals surface area (Å²) < 4.78 is 0. The van der Waals surface area contributed by atoms with Crippen LogP contribution in [0, 0.1) is 0 Å². The van der Waals surface area contributed by atoms with Crippen molar-refractivity contribution < 1.29 is 0 Å². The summed E-state index contributed by atoms with van der Waals surface area (Å²) in [6.07, 6.45) is 0. The average Bonchev–Trinajstić information content (AvgIpc) is 3.16. The van der Waals surface area contributed by atoms with Gasteiger partial charge in [0.1, 0.15) is 0 Å². The van der Waals surface area contributed by atoms with E-state index in [0.29, 0.717) is 0 Å². The van der Waals surface area contributed by atoms with Crippen molar-refractivity contribution in [3.8, 4) is 33.4 Å². The molecule has 0 saturated carbocycles. The van der Waals surface area contributed by atoms with Crippen LogP contribution in [0.1, 0.15) is 0 Å². The molecule has 0 bridgehead atoms. The molecule has 0 fully saturated rings. The first-order chi connectivity index (χ1) is 23.8. The van der Waals surface area contributed by atoms with E-state index in [1.807, 2.05) is 0 Å². The summed E-state index contributed by atoms with van der Waals surface area (Å²) in [4.78, 5) is 0. The van der Waals surface area contributed by atoms with E-state index >= 15 is 0 Å². The second kappa shape index (κ2) is 10.7. The van der Waals surface area contributed by atoms with Crippen molar-refractivity contribution >= 4 is 64.6 Å². The minimum atomic E-state index is 1.24. The molecule has 0 unspecified atom stereocenters. The fraction of sp³-hybridized carbons (Fsp3) is 0. The fourth-order valence-electron chi connectivity index (χ4n) is 8.10. The van der Waals surface area contributed by atoms with Gasteiger partial charge in [-0.05, 0) is 110 Å². The lowest BCUT2D eigenvalue weighted by atomic mass is 9.82. The summed E-state index contributed by atoms with van der Waals surface area (Å²) in [5.41, 5.74) is 7.61. The summed E-state index contributed by atoms with van der Waals surface area (Å²) in [6.45, 7) is 0. The third kappa shape index (κ3) is 4.03. The molecule has 0 atom stereocenters. The van der Waals surface area contributed by atoms with Crippen LogP contribution in [0.3, 0.4) is 0 Å². The second-order valence-electron chi connectivity index (χ2n) is 12.8. The van der Waals surface area contributed by atoms with E-state index in [1.165, 1.54) is 98.0 Å². The van der Waals surface area contributed by atoms with Crippen LogP contribution < -0.4 is 0 Å². The molecule has 48 heavy (non-hydrogen) atoms. The Balaban J connectivity index is 1.29. The molecule has 222 valence electrons. The lowest BCUT2D eigenvalue weighted by Crippen LogP contribution is -1.93. The Kier molecular flexibility index (Phi) is 5.98. The van der Waals surface area contributed by atoms with Gasteiger partial charge in [0.15, 0.2) is 0 Å². The van der Waals surface area contributed by atoms with Gasteiger partial charge in [0.25, 0.3) is 0 Å². The monoisotopic (exact) mass is 606 g/mol. The number of hydrogen-bond acceptors (Lipinski definition) is 0. The van der Waals surface area contributed by atoms with E-state index in [1.54, 1.807) is 0 Å². The van der Waals surface area contributed by atoms with Crippen molar-refractivity contribution in [3.63, 3.8) is 0 Å². The Morgan fingerprint density at radius 2 is 0.667 bits per heavy atom. The Morgan fingerprint density at radius 3 is 1.31 bits per heavy atom. The fourth-order valence-corrected chi connectivity index (χ4v) is 8.10. The zero-order valence-corrected chi connectivity index (χ0v) is 26.3. The molecular weight excluding hydrogens is 577 g/mol. The second-order valence-corrected chi connectivity index (χ2v) is 12.8. The first kappa shape index (κ1) is 26.9. The summed E-state index contributed by atoms with van der Waals surface area (Å²) in [5.74, 6) is 0. The first-order valence-electron chi connectivity index (χ1n) is 16.7. The molecule has 0 N–H and O–H groups in total. The molecule has 0 radical (unpaired) electrons. The number of rotatable bonds is 3. The third-order valence-corrected chi connectivity index (χ3v) is 10.2. The summed E-state index contributed by atoms with van der Waals surface area (Å²) in [6, 6.07) is 67.1. The van der Waals surface area contributed by atoms with E-state index in [0.717, 1.165) is 0 Å². The Bertz CT molecular complexity index is 2820. The summed E-state index contributed by atoms with van der Waals surface area (Å²) in [7, 11) is 0. The van der Waals surface area contributed by atoms with Gasteiger partial charge in [-0.2, -0.15) is 0 Å². The normalized spacial score (nSPS) is 11.8. The molecule has 0 heterocycles. The van der Waals surface area contributed by atoms with Crippen molar-refractivity contribution in [1.82, 2.24) is 0 Å². The van der Waals surface area contributed by atoms with Gasteiger partial charge < -0.3 is 0 Å². The van der Waals surface area contributed by atoms with Gasteiger partial charge in [0.05, 0.1) is 0 Å². The smallest absolute Gasteiger partial charge is 0.00201 e. The molecule has 0 saturated heterocycles. The molecule has 0 aliphatic rings. The molecule has 10 rings (SSSR count). The van der Waals surface area contributed by atoms with Gasteiger partial charge in [-0.3, -0.25) is 0 Å². The highest BCUT2D eigenvalue weighted by Gasteiger charge is 2.20. The van der Waals surface area contributed by atoms with Crippen LogP contribution in [0.15, 0.2) is 182 Å². The van der Waals surface area contributed by atoms with Crippen LogP contribution in [0.25, 0.3) is 98.0 Å². The predicted molar refractivity (Wildman–Crippen MR) is 208 cm³/mol. The predicted octanol–water partition coefficient (Wildman–Crippen LogP) is 13.6. The lowest BCUT2D eigenvalue weighted by molar-refractivity contribution is 1.64. The largest absolute Gasteiger partial charge is 0.0622 e. The van der Waals surface area contributed by atoms with Crippen molar-refractivity contribution in [2.75, 3.05) is 0 Å². The molecular formula is C48H30. The SMILES string of the molecule is c1ccc(-c2ccc(-c3c4ccccc4c(-c4cccc5c4ccc4cc6ccccc6cc45)c4ccccc34)c3ccccc23)cc1. The summed E-state index contributed by atoms with van der Waals surface area (Å²) >= 11 is 0. The molecule has 0 nitrogen and oxygen atoms in total. The van der Waals surface area contributed by atoms with Crippen LogP contribution in [0.4, 0.5) is 0 Å². The number of fused-ring (bicyclic) bond motifs is 7. The minimum absolute atomic E-state index is 1.24. The molecule has 10 aromatic carbocycles. The van der Waals surface area contributed by atoms with Gasteiger partial charge in [-0.15, -0.1) is 0 Å². The standard InChI is InChI=1S/C48H30/c1-2-13-31(14-3-1)35-27-28-45(37-18-7-6-17-36(35)37)48-43-21-10-8-19-41(43)47(42-20-9-11-22-44(42)48)40-24-12-23-38-39(40)26-25-34-29-32-15-4-5-16-33(32)30-46(34)38/h1-30H. The Hall–Kier alpha value is -6.24. The average molecular weight is 607 g/mol. The van der Waals surface area contributed by atoms with Gasteiger partial charge in [0, 0.05) is 0 Å². The Labute approximate surface area is 279 Å². The van der Waals surface area contributed by atoms with Crippen LogP contribution >= 0.6 is 0 Å². The van der Waals surface area contributed by atoms with Crippen LogP contribution in [-0.2, 0) is 0 Å². The van der Waals surface area contributed by atoms with Gasteiger partial charge in [-0.1, -0.05) is 170 Å². The highest BCUT2D eigenvalue weighted by atomic mass is 14.2. The number of benzene rings is 10. The highest BCUT2D eigenvalue weighted by molar-refractivity contribution is 6.27. The van der Waals surface area contributed by atoms with Gasteiger partial charge in [-0.25, -0.2) is 0 Å². The highest BCUT2D eigenvalue weighted by Crippen LogP contribution is 2.48. The quantitative estimate of drug-likeness (QED) is 0.139. The van der Waals surface area contributed by atoms with Crippen molar-refractivity contribution in [2.24, 2.45) is 0 Å². The first-order valence-corrected chi connectivity index (χ1v) is 16.7. The van der Waals surface area contributed by atoms with E-state index < -0.39 is 0 Å². The van der Waals surface area contributed by atoms with Crippen LogP contribution in [0.5, 0.6) is 0 Å². The summed E-state index contributed by atoms with van der Waals surface area (Å²) in [5, 5.41) is 15.3. The molecule has 0 aliphatic heterocycles. The molecule has 0 aromatic heterocycles. The van der Waals surface area contributed by atoms with E-state index in [2.05, 4.69) is 182 Å². The van der Waals surface area contributed by atoms with Crippen molar-refractivity contribution in [3.05, 3.63) is 182 Å². The van der Waals surface area contributed by atoms with Crippen molar-refractivity contribution in [2.45, 2.75) is 0 Å².